The summed E-state index contributed by atoms with van der Waals surface area (Å²) in [7, 11) is -1.05. The molecule has 0 aromatic heterocycles. The minimum absolute atomic E-state index is 0.0550. The minimum Gasteiger partial charge on any atom is -0.497 e. The monoisotopic (exact) mass is 573 g/mol. The molecule has 3 aromatic carbocycles. The normalized spacial score (nSPS) is 11.9. The number of likely N-dealkylation sites (N-methyl/N-ethyl adjacent to an activating group) is 1. The van der Waals surface area contributed by atoms with Crippen molar-refractivity contribution >= 4 is 43.5 Å². The van der Waals surface area contributed by atoms with Crippen LogP contribution in [0.2, 0.25) is 0 Å². The van der Waals surface area contributed by atoms with Gasteiger partial charge in [0.05, 0.1) is 17.7 Å². The van der Waals surface area contributed by atoms with Gasteiger partial charge in [-0.3, -0.25) is 13.9 Å². The quantitative estimate of drug-likeness (QED) is 0.398. The van der Waals surface area contributed by atoms with Gasteiger partial charge in [0.15, 0.2) is 0 Å². The molecular formula is C26H28BrN3O5S. The fraction of sp³-hybridized carbons (Fsp3) is 0.231. The van der Waals surface area contributed by atoms with Crippen molar-refractivity contribution in [1.29, 1.82) is 0 Å². The highest BCUT2D eigenvalue weighted by Gasteiger charge is 2.32. The Bertz CT molecular complexity index is 1300. The lowest BCUT2D eigenvalue weighted by Crippen LogP contribution is -2.50. The molecule has 190 valence electrons. The van der Waals surface area contributed by atoms with E-state index >= 15 is 0 Å². The second kappa shape index (κ2) is 12.0. The molecule has 2 amide bonds. The lowest BCUT2D eigenvalue weighted by Gasteiger charge is -2.31. The third-order valence-corrected chi connectivity index (χ3v) is 7.94. The molecule has 3 aromatic rings. The number of rotatable bonds is 10. The Labute approximate surface area is 220 Å². The number of carbonyl (C=O) groups is 2. The summed E-state index contributed by atoms with van der Waals surface area (Å²) >= 11 is 3.36. The average Bonchev–Trinajstić information content (AvgIpc) is 2.90. The number of halogens is 1. The van der Waals surface area contributed by atoms with Crippen LogP contribution in [0.25, 0.3) is 0 Å². The van der Waals surface area contributed by atoms with Crippen molar-refractivity contribution in [3.8, 4) is 5.75 Å². The van der Waals surface area contributed by atoms with Crippen molar-refractivity contribution in [1.82, 2.24) is 10.2 Å². The summed E-state index contributed by atoms with van der Waals surface area (Å²) in [5, 5.41) is 2.56. The van der Waals surface area contributed by atoms with Gasteiger partial charge in [-0.25, -0.2) is 8.42 Å². The molecule has 1 unspecified atom stereocenters. The summed E-state index contributed by atoms with van der Waals surface area (Å²) in [6, 6.07) is 20.9. The number of hydrogen-bond acceptors (Lipinski definition) is 5. The summed E-state index contributed by atoms with van der Waals surface area (Å²) in [4.78, 5) is 27.6. The number of amides is 2. The van der Waals surface area contributed by atoms with E-state index in [0.717, 1.165) is 14.3 Å². The first kappa shape index (κ1) is 27.2. The predicted molar refractivity (Wildman–Crippen MR) is 142 cm³/mol. The fourth-order valence-corrected chi connectivity index (χ4v) is 5.31. The van der Waals surface area contributed by atoms with Gasteiger partial charge in [0.1, 0.15) is 18.3 Å². The van der Waals surface area contributed by atoms with Gasteiger partial charge < -0.3 is 15.0 Å². The zero-order valence-electron chi connectivity index (χ0n) is 20.2. The van der Waals surface area contributed by atoms with Crippen LogP contribution in [0.4, 0.5) is 5.69 Å². The SMILES string of the molecule is CNC(=O)C(C)N(Cc1cccc(OC)c1)C(=O)CN(c1ccc(Br)cc1)S(=O)(=O)c1ccccc1. The number of benzene rings is 3. The average molecular weight is 574 g/mol. The fourth-order valence-electron chi connectivity index (χ4n) is 3.61. The Morgan fingerprint density at radius 1 is 1.00 bits per heavy atom. The molecule has 10 heteroatoms. The van der Waals surface area contributed by atoms with E-state index in [1.165, 1.54) is 24.1 Å². The van der Waals surface area contributed by atoms with Crippen LogP contribution in [0.5, 0.6) is 5.75 Å². The topological polar surface area (TPSA) is 96.0 Å². The summed E-state index contributed by atoms with van der Waals surface area (Å²) in [6.07, 6.45) is 0. The molecular weight excluding hydrogens is 546 g/mol. The number of nitrogens with one attached hydrogen (secondary N) is 1. The summed E-state index contributed by atoms with van der Waals surface area (Å²) in [5.41, 5.74) is 1.06. The smallest absolute Gasteiger partial charge is 0.264 e. The first-order valence-corrected chi connectivity index (χ1v) is 13.4. The number of anilines is 1. The van der Waals surface area contributed by atoms with Crippen molar-refractivity contribution < 1.29 is 22.7 Å². The van der Waals surface area contributed by atoms with E-state index < -0.39 is 28.5 Å². The van der Waals surface area contributed by atoms with Crippen LogP contribution in [-0.2, 0) is 26.2 Å². The van der Waals surface area contributed by atoms with Crippen molar-refractivity contribution in [2.24, 2.45) is 0 Å². The van der Waals surface area contributed by atoms with E-state index in [9.17, 15) is 18.0 Å². The lowest BCUT2D eigenvalue weighted by atomic mass is 10.1. The van der Waals surface area contributed by atoms with Gasteiger partial charge in [-0.2, -0.15) is 0 Å². The highest BCUT2D eigenvalue weighted by Crippen LogP contribution is 2.26. The zero-order chi connectivity index (χ0) is 26.3. The van der Waals surface area contributed by atoms with Gasteiger partial charge in [0.2, 0.25) is 11.8 Å². The first-order chi connectivity index (χ1) is 17.2. The molecule has 0 radical (unpaired) electrons. The largest absolute Gasteiger partial charge is 0.497 e. The Morgan fingerprint density at radius 3 is 2.28 bits per heavy atom. The van der Waals surface area contributed by atoms with E-state index in [1.54, 1.807) is 74.7 Å². The van der Waals surface area contributed by atoms with Crippen LogP contribution >= 0.6 is 15.9 Å². The van der Waals surface area contributed by atoms with Crippen LogP contribution in [0, 0.1) is 0 Å². The minimum atomic E-state index is -4.08. The number of carbonyl (C=O) groups excluding carboxylic acids is 2. The van der Waals surface area contributed by atoms with Crippen molar-refractivity contribution in [2.45, 2.75) is 24.4 Å². The third kappa shape index (κ3) is 6.44. The summed E-state index contributed by atoms with van der Waals surface area (Å²) in [5.74, 6) is -0.292. The van der Waals surface area contributed by atoms with E-state index in [1.807, 2.05) is 6.07 Å². The van der Waals surface area contributed by atoms with Crippen molar-refractivity contribution in [3.63, 3.8) is 0 Å². The molecule has 0 fully saturated rings. The van der Waals surface area contributed by atoms with E-state index in [-0.39, 0.29) is 17.3 Å². The molecule has 0 aliphatic carbocycles. The number of methoxy groups -OCH3 is 1. The van der Waals surface area contributed by atoms with Crippen LogP contribution < -0.4 is 14.4 Å². The van der Waals surface area contributed by atoms with Crippen molar-refractivity contribution in [3.05, 3.63) is 88.9 Å². The molecule has 3 rings (SSSR count). The molecule has 0 saturated heterocycles. The van der Waals surface area contributed by atoms with Crippen LogP contribution in [0.3, 0.4) is 0 Å². The standard InChI is InChI=1S/C26H28BrN3O5S/c1-19(26(32)28-2)29(17-20-8-7-9-23(16-20)35-3)25(31)18-30(22-14-12-21(27)13-15-22)36(33,34)24-10-5-4-6-11-24/h4-16,19H,17-18H2,1-3H3,(H,28,32). The van der Waals surface area contributed by atoms with Gasteiger partial charge in [-0.1, -0.05) is 46.3 Å². The molecule has 0 bridgehead atoms. The Hall–Kier alpha value is -3.37. The maximum atomic E-state index is 13.7. The highest BCUT2D eigenvalue weighted by molar-refractivity contribution is 9.10. The van der Waals surface area contributed by atoms with E-state index in [4.69, 9.17) is 4.74 Å². The second-order valence-electron chi connectivity index (χ2n) is 7.96. The van der Waals surface area contributed by atoms with Crippen LogP contribution in [0.15, 0.2) is 88.2 Å². The molecule has 0 heterocycles. The van der Waals surface area contributed by atoms with Crippen LogP contribution in [-0.4, -0.2) is 51.9 Å². The second-order valence-corrected chi connectivity index (χ2v) is 10.7. The number of sulfonamides is 1. The predicted octanol–water partition coefficient (Wildman–Crippen LogP) is 3.82. The van der Waals surface area contributed by atoms with Gasteiger partial charge >= 0.3 is 0 Å². The zero-order valence-corrected chi connectivity index (χ0v) is 22.6. The van der Waals surface area contributed by atoms with Gasteiger partial charge in [0.25, 0.3) is 10.0 Å². The van der Waals surface area contributed by atoms with E-state index in [2.05, 4.69) is 21.2 Å². The van der Waals surface area contributed by atoms with Gasteiger partial charge in [0, 0.05) is 18.1 Å². The maximum absolute atomic E-state index is 13.7. The summed E-state index contributed by atoms with van der Waals surface area (Å²) < 4.78 is 34.4. The summed E-state index contributed by atoms with van der Waals surface area (Å²) in [6.45, 7) is 1.20. The number of nitrogens with zero attached hydrogens (tertiary/aromatic N) is 2. The first-order valence-electron chi connectivity index (χ1n) is 11.1. The maximum Gasteiger partial charge on any atom is 0.264 e. The Kier molecular flexibility index (Phi) is 9.11. The number of hydrogen-bond donors (Lipinski definition) is 1. The molecule has 0 spiro atoms. The van der Waals surface area contributed by atoms with Crippen LogP contribution in [0.1, 0.15) is 12.5 Å². The Balaban J connectivity index is 2.01. The number of ether oxygens (including phenoxy) is 1. The molecule has 8 nitrogen and oxygen atoms in total. The molecule has 1 N–H and O–H groups in total. The lowest BCUT2D eigenvalue weighted by molar-refractivity contribution is -0.139. The molecule has 36 heavy (non-hydrogen) atoms. The van der Waals surface area contributed by atoms with Gasteiger partial charge in [-0.15, -0.1) is 0 Å². The molecule has 0 saturated carbocycles. The highest BCUT2D eigenvalue weighted by atomic mass is 79.9. The van der Waals surface area contributed by atoms with E-state index in [0.29, 0.717) is 11.4 Å². The molecule has 0 aliphatic heterocycles. The third-order valence-electron chi connectivity index (χ3n) is 5.63. The van der Waals surface area contributed by atoms with Crippen molar-refractivity contribution in [2.75, 3.05) is 25.0 Å². The molecule has 0 aliphatic rings. The molecule has 1 atom stereocenters. The Morgan fingerprint density at radius 2 is 1.67 bits per heavy atom. The van der Waals surface area contributed by atoms with Gasteiger partial charge in [-0.05, 0) is 61.0 Å².